The van der Waals surface area contributed by atoms with E-state index in [0.717, 1.165) is 6.42 Å². The zero-order valence-corrected chi connectivity index (χ0v) is 7.63. The number of rotatable bonds is 2. The van der Waals surface area contributed by atoms with Gasteiger partial charge in [0.25, 0.3) is 11.8 Å². The third-order valence-electron chi connectivity index (χ3n) is 2.17. The van der Waals surface area contributed by atoms with Crippen molar-refractivity contribution in [1.82, 2.24) is 4.90 Å². The molecule has 1 rings (SSSR count). The first kappa shape index (κ1) is 8.97. The second kappa shape index (κ2) is 3.09. The van der Waals surface area contributed by atoms with E-state index in [9.17, 15) is 9.59 Å². The number of hydrogen-bond acceptors (Lipinski definition) is 2. The van der Waals surface area contributed by atoms with Crippen molar-refractivity contribution in [2.45, 2.75) is 33.2 Å². The fourth-order valence-corrected chi connectivity index (χ4v) is 1.21. The van der Waals surface area contributed by atoms with Gasteiger partial charge in [0.15, 0.2) is 0 Å². The Balaban J connectivity index is 2.83. The molecule has 0 fully saturated rings. The van der Waals surface area contributed by atoms with Crippen LogP contribution in [0.5, 0.6) is 0 Å². The lowest BCUT2D eigenvalue weighted by Crippen LogP contribution is -2.38. The minimum atomic E-state index is -0.174. The number of hydrogen-bond donors (Lipinski definition) is 0. The lowest BCUT2D eigenvalue weighted by Gasteiger charge is -2.20. The molecule has 0 aliphatic carbocycles. The minimum Gasteiger partial charge on any atom is -0.272 e. The molecule has 0 radical (unpaired) electrons. The number of nitrogens with zero attached hydrogens (tertiary/aromatic N) is 1. The van der Waals surface area contributed by atoms with Crippen LogP contribution in [0.25, 0.3) is 0 Å². The molecule has 0 N–H and O–H groups in total. The van der Waals surface area contributed by atoms with Crippen LogP contribution in [0.2, 0.25) is 0 Å². The molecular weight excluding hydrogens is 154 g/mol. The maximum atomic E-state index is 11.4. The molecule has 3 heteroatoms. The molecule has 1 aliphatic heterocycles. The van der Waals surface area contributed by atoms with E-state index in [-0.39, 0.29) is 17.9 Å². The number of carbonyl (C=O) groups is 2. The summed E-state index contributed by atoms with van der Waals surface area (Å²) in [6, 6.07) is 0.0127. The van der Waals surface area contributed by atoms with Crippen molar-refractivity contribution in [1.29, 1.82) is 0 Å². The van der Waals surface area contributed by atoms with Crippen molar-refractivity contribution in [3.8, 4) is 0 Å². The normalized spacial score (nSPS) is 19.9. The average molecular weight is 167 g/mol. The summed E-state index contributed by atoms with van der Waals surface area (Å²) in [5, 5.41) is 0. The van der Waals surface area contributed by atoms with Gasteiger partial charge in [0.2, 0.25) is 0 Å². The molecule has 12 heavy (non-hydrogen) atoms. The predicted octanol–water partition coefficient (Wildman–Crippen LogP) is 1.10. The topological polar surface area (TPSA) is 37.4 Å². The molecule has 0 bridgehead atoms. The van der Waals surface area contributed by atoms with Crippen molar-refractivity contribution < 1.29 is 9.59 Å². The first-order valence-corrected chi connectivity index (χ1v) is 4.13. The van der Waals surface area contributed by atoms with E-state index in [4.69, 9.17) is 0 Å². The quantitative estimate of drug-likeness (QED) is 0.577. The number of amides is 2. The zero-order chi connectivity index (χ0) is 9.30. The van der Waals surface area contributed by atoms with Crippen LogP contribution in [0, 0.1) is 0 Å². The van der Waals surface area contributed by atoms with Gasteiger partial charge in [-0.05, 0) is 20.3 Å². The van der Waals surface area contributed by atoms with Gasteiger partial charge in [0.1, 0.15) is 0 Å². The molecule has 0 aromatic heterocycles. The fourth-order valence-electron chi connectivity index (χ4n) is 1.21. The van der Waals surface area contributed by atoms with Crippen molar-refractivity contribution >= 4 is 11.8 Å². The van der Waals surface area contributed by atoms with Crippen LogP contribution in [-0.2, 0) is 9.59 Å². The summed E-state index contributed by atoms with van der Waals surface area (Å²) in [4.78, 5) is 23.9. The molecule has 1 atom stereocenters. The smallest absolute Gasteiger partial charge is 0.256 e. The molecule has 0 aromatic rings. The third kappa shape index (κ3) is 1.26. The van der Waals surface area contributed by atoms with Crippen LogP contribution >= 0.6 is 0 Å². The molecule has 0 spiro atoms. The molecule has 1 unspecified atom stereocenters. The monoisotopic (exact) mass is 167 g/mol. The Hall–Kier alpha value is -1.12. The van der Waals surface area contributed by atoms with Crippen LogP contribution < -0.4 is 0 Å². The molecule has 3 nitrogen and oxygen atoms in total. The zero-order valence-electron chi connectivity index (χ0n) is 7.63. The summed E-state index contributed by atoms with van der Waals surface area (Å²) in [6.45, 7) is 5.50. The summed E-state index contributed by atoms with van der Waals surface area (Å²) in [5.41, 5.74) is 0.542. The summed E-state index contributed by atoms with van der Waals surface area (Å²) in [7, 11) is 0. The van der Waals surface area contributed by atoms with Gasteiger partial charge >= 0.3 is 0 Å². The maximum absolute atomic E-state index is 11.4. The van der Waals surface area contributed by atoms with Gasteiger partial charge in [-0.1, -0.05) is 6.92 Å². The number of carbonyl (C=O) groups excluding carboxylic acids is 2. The molecule has 0 saturated carbocycles. The summed E-state index contributed by atoms with van der Waals surface area (Å²) >= 11 is 0. The fraction of sp³-hybridized carbons (Fsp3) is 0.556. The predicted molar refractivity (Wildman–Crippen MR) is 45.4 cm³/mol. The van der Waals surface area contributed by atoms with Crippen molar-refractivity contribution in [2.75, 3.05) is 0 Å². The lowest BCUT2D eigenvalue weighted by molar-refractivity contribution is -0.139. The van der Waals surface area contributed by atoms with Crippen LogP contribution in [-0.4, -0.2) is 22.8 Å². The molecular formula is C9H13NO2. The average Bonchev–Trinajstić information content (AvgIpc) is 2.26. The highest BCUT2D eigenvalue weighted by Crippen LogP contribution is 2.16. The Morgan fingerprint density at radius 3 is 2.42 bits per heavy atom. The van der Waals surface area contributed by atoms with E-state index in [0.29, 0.717) is 5.57 Å². The Morgan fingerprint density at radius 2 is 2.08 bits per heavy atom. The SMILES string of the molecule is CCC(C)N1C(=O)C=C(C)C1=O. The highest BCUT2D eigenvalue weighted by Gasteiger charge is 2.31. The van der Waals surface area contributed by atoms with E-state index < -0.39 is 0 Å². The Bertz CT molecular complexity index is 255. The Labute approximate surface area is 72.0 Å². The molecule has 0 saturated heterocycles. The van der Waals surface area contributed by atoms with Gasteiger partial charge in [-0.25, -0.2) is 0 Å². The highest BCUT2D eigenvalue weighted by molar-refractivity contribution is 6.16. The van der Waals surface area contributed by atoms with E-state index >= 15 is 0 Å². The molecule has 0 aromatic carbocycles. The lowest BCUT2D eigenvalue weighted by atomic mass is 10.2. The first-order chi connectivity index (χ1) is 5.57. The minimum absolute atomic E-state index is 0.0127. The van der Waals surface area contributed by atoms with E-state index in [1.165, 1.54) is 11.0 Å². The van der Waals surface area contributed by atoms with Crippen LogP contribution in [0.4, 0.5) is 0 Å². The van der Waals surface area contributed by atoms with Gasteiger partial charge in [-0.3, -0.25) is 14.5 Å². The van der Waals surface area contributed by atoms with Crippen molar-refractivity contribution in [3.05, 3.63) is 11.6 Å². The van der Waals surface area contributed by atoms with Crippen LogP contribution in [0.3, 0.4) is 0 Å². The summed E-state index contributed by atoms with van der Waals surface area (Å²) in [6.07, 6.45) is 2.20. The van der Waals surface area contributed by atoms with Gasteiger partial charge in [-0.2, -0.15) is 0 Å². The standard InChI is InChI=1S/C9H13NO2/c1-4-7(3)10-8(11)5-6(2)9(10)12/h5,7H,4H2,1-3H3. The second-order valence-electron chi connectivity index (χ2n) is 3.10. The van der Waals surface area contributed by atoms with E-state index in [1.807, 2.05) is 13.8 Å². The van der Waals surface area contributed by atoms with Gasteiger partial charge < -0.3 is 0 Å². The highest BCUT2D eigenvalue weighted by atomic mass is 16.2. The van der Waals surface area contributed by atoms with Gasteiger partial charge in [-0.15, -0.1) is 0 Å². The van der Waals surface area contributed by atoms with Gasteiger partial charge in [0, 0.05) is 17.7 Å². The molecule has 1 aliphatic rings. The van der Waals surface area contributed by atoms with Crippen molar-refractivity contribution in [3.63, 3.8) is 0 Å². The maximum Gasteiger partial charge on any atom is 0.256 e. The van der Waals surface area contributed by atoms with E-state index in [2.05, 4.69) is 0 Å². The first-order valence-electron chi connectivity index (χ1n) is 4.13. The third-order valence-corrected chi connectivity index (χ3v) is 2.17. The Kier molecular flexibility index (Phi) is 2.31. The van der Waals surface area contributed by atoms with Crippen molar-refractivity contribution in [2.24, 2.45) is 0 Å². The summed E-state index contributed by atoms with van der Waals surface area (Å²) < 4.78 is 0. The van der Waals surface area contributed by atoms with E-state index in [1.54, 1.807) is 6.92 Å². The van der Waals surface area contributed by atoms with Crippen LogP contribution in [0.1, 0.15) is 27.2 Å². The number of imide groups is 1. The Morgan fingerprint density at radius 1 is 1.50 bits per heavy atom. The van der Waals surface area contributed by atoms with Gasteiger partial charge in [0.05, 0.1) is 0 Å². The largest absolute Gasteiger partial charge is 0.272 e. The molecule has 66 valence electrons. The molecule has 1 heterocycles. The summed E-state index contributed by atoms with van der Waals surface area (Å²) in [5.74, 6) is -0.318. The second-order valence-corrected chi connectivity index (χ2v) is 3.10. The molecule has 2 amide bonds. The van der Waals surface area contributed by atoms with Crippen LogP contribution in [0.15, 0.2) is 11.6 Å².